The molecular weight excluding hydrogens is 322 g/mol. The number of amides is 1. The molecule has 1 amide bonds. The summed E-state index contributed by atoms with van der Waals surface area (Å²) in [6, 6.07) is 6.24. The average Bonchev–Trinajstić information content (AvgIpc) is 2.94. The summed E-state index contributed by atoms with van der Waals surface area (Å²) < 4.78 is 5.91. The molecule has 2 N–H and O–H groups in total. The molecule has 8 nitrogen and oxygen atoms in total. The smallest absolute Gasteiger partial charge is 0.362 e. The molecule has 2 rings (SSSR count). The fourth-order valence-electron chi connectivity index (χ4n) is 1.77. The van der Waals surface area contributed by atoms with Crippen LogP contribution in [0.25, 0.3) is 0 Å². The first-order chi connectivity index (χ1) is 11.1. The fraction of sp³-hybridized carbons (Fsp3) is 0.286. The van der Waals surface area contributed by atoms with Gasteiger partial charge < -0.3 is 15.4 Å². The van der Waals surface area contributed by atoms with Gasteiger partial charge in [0, 0.05) is 17.3 Å². The van der Waals surface area contributed by atoms with E-state index in [1.165, 1.54) is 0 Å². The van der Waals surface area contributed by atoms with Gasteiger partial charge in [0.05, 0.1) is 6.61 Å². The van der Waals surface area contributed by atoms with Gasteiger partial charge in [-0.05, 0) is 38.1 Å². The summed E-state index contributed by atoms with van der Waals surface area (Å²) >= 11 is 5.84. The summed E-state index contributed by atoms with van der Waals surface area (Å²) in [5.74, 6) is -0.545. The molecule has 1 aromatic heterocycles. The van der Waals surface area contributed by atoms with Crippen LogP contribution in [0.1, 0.15) is 24.3 Å². The molecule has 1 heterocycles. The molecule has 0 aliphatic rings. The standard InChI is InChI=1S/C14H16ClN5O3/c1-3-16-14(22)20-12(11(18-19-20)13(21)23-4-2)17-10-7-5-9(15)6-8-10/h5-8,17H,3-4H2,1-2H3,(H,16,22). The summed E-state index contributed by atoms with van der Waals surface area (Å²) in [4.78, 5) is 24.0. The molecule has 0 aliphatic carbocycles. The highest BCUT2D eigenvalue weighted by molar-refractivity contribution is 6.30. The highest BCUT2D eigenvalue weighted by Gasteiger charge is 2.24. The highest BCUT2D eigenvalue weighted by Crippen LogP contribution is 2.21. The molecule has 122 valence electrons. The van der Waals surface area contributed by atoms with Gasteiger partial charge in [-0.3, -0.25) is 0 Å². The molecule has 0 fully saturated rings. The van der Waals surface area contributed by atoms with E-state index in [1.807, 2.05) is 0 Å². The molecule has 9 heteroatoms. The molecule has 0 saturated carbocycles. The zero-order chi connectivity index (χ0) is 16.8. The van der Waals surface area contributed by atoms with Crippen molar-refractivity contribution >= 4 is 35.1 Å². The largest absolute Gasteiger partial charge is 0.461 e. The average molecular weight is 338 g/mol. The number of benzene rings is 1. The predicted octanol–water partition coefficient (Wildman–Crippen LogP) is 2.43. The maximum atomic E-state index is 12.0. The molecule has 0 atom stereocenters. The van der Waals surface area contributed by atoms with Crippen LogP contribution < -0.4 is 10.6 Å². The Morgan fingerprint density at radius 3 is 2.57 bits per heavy atom. The van der Waals surface area contributed by atoms with Crippen LogP contribution in [0.4, 0.5) is 16.3 Å². The molecule has 0 bridgehead atoms. The number of anilines is 2. The summed E-state index contributed by atoms with van der Waals surface area (Å²) in [5, 5.41) is 13.6. The van der Waals surface area contributed by atoms with Crippen molar-refractivity contribution in [3.8, 4) is 0 Å². The third kappa shape index (κ3) is 3.98. The van der Waals surface area contributed by atoms with Crippen LogP contribution in [0.2, 0.25) is 5.02 Å². The topological polar surface area (TPSA) is 98.1 Å². The zero-order valence-electron chi connectivity index (χ0n) is 12.7. The number of carbonyl (C=O) groups is 2. The van der Waals surface area contributed by atoms with Crippen molar-refractivity contribution < 1.29 is 14.3 Å². The van der Waals surface area contributed by atoms with E-state index in [2.05, 4.69) is 20.9 Å². The Kier molecular flexibility index (Phi) is 5.53. The summed E-state index contributed by atoms with van der Waals surface area (Å²) in [6.07, 6.45) is 0. The van der Waals surface area contributed by atoms with Crippen molar-refractivity contribution in [3.05, 3.63) is 35.0 Å². The van der Waals surface area contributed by atoms with Gasteiger partial charge in [-0.2, -0.15) is 0 Å². The molecule has 23 heavy (non-hydrogen) atoms. The van der Waals surface area contributed by atoms with Gasteiger partial charge in [0.1, 0.15) is 0 Å². The molecule has 0 saturated heterocycles. The second-order valence-electron chi connectivity index (χ2n) is 4.39. The van der Waals surface area contributed by atoms with Crippen LogP contribution in [-0.2, 0) is 4.74 Å². The van der Waals surface area contributed by atoms with Gasteiger partial charge in [0.15, 0.2) is 5.82 Å². The lowest BCUT2D eigenvalue weighted by Gasteiger charge is -2.10. The number of carbonyl (C=O) groups excluding carboxylic acids is 2. The number of hydrogen-bond donors (Lipinski definition) is 2. The highest BCUT2D eigenvalue weighted by atomic mass is 35.5. The number of rotatable bonds is 5. The number of ether oxygens (including phenoxy) is 1. The molecular formula is C14H16ClN5O3. The SMILES string of the molecule is CCNC(=O)n1nnc(C(=O)OCC)c1Nc1ccc(Cl)cc1. The van der Waals surface area contributed by atoms with E-state index >= 15 is 0 Å². The van der Waals surface area contributed by atoms with Crippen molar-refractivity contribution in [2.24, 2.45) is 0 Å². The van der Waals surface area contributed by atoms with E-state index in [9.17, 15) is 9.59 Å². The van der Waals surface area contributed by atoms with Crippen LogP contribution >= 0.6 is 11.6 Å². The number of nitrogens with one attached hydrogen (secondary N) is 2. The fourth-order valence-corrected chi connectivity index (χ4v) is 1.90. The van der Waals surface area contributed by atoms with Crippen LogP contribution in [0.3, 0.4) is 0 Å². The minimum atomic E-state index is -0.667. The summed E-state index contributed by atoms with van der Waals surface area (Å²) in [6.45, 7) is 4.05. The first-order valence-electron chi connectivity index (χ1n) is 7.00. The van der Waals surface area contributed by atoms with Crippen molar-refractivity contribution in [2.45, 2.75) is 13.8 Å². The number of nitrogens with zero attached hydrogens (tertiary/aromatic N) is 3. The minimum Gasteiger partial charge on any atom is -0.461 e. The Morgan fingerprint density at radius 2 is 1.96 bits per heavy atom. The zero-order valence-corrected chi connectivity index (χ0v) is 13.4. The van der Waals surface area contributed by atoms with E-state index in [1.54, 1.807) is 38.1 Å². The van der Waals surface area contributed by atoms with E-state index in [4.69, 9.17) is 16.3 Å². The van der Waals surface area contributed by atoms with Crippen molar-refractivity contribution in [2.75, 3.05) is 18.5 Å². The number of esters is 1. The summed E-state index contributed by atoms with van der Waals surface area (Å²) in [7, 11) is 0. The Hall–Kier alpha value is -2.61. The van der Waals surface area contributed by atoms with Gasteiger partial charge in [0.2, 0.25) is 5.69 Å². The number of aromatic nitrogens is 3. The molecule has 1 aromatic carbocycles. The van der Waals surface area contributed by atoms with E-state index in [-0.39, 0.29) is 18.1 Å². The van der Waals surface area contributed by atoms with Gasteiger partial charge in [-0.25, -0.2) is 9.59 Å². The van der Waals surface area contributed by atoms with Crippen molar-refractivity contribution in [3.63, 3.8) is 0 Å². The van der Waals surface area contributed by atoms with Gasteiger partial charge in [-0.1, -0.05) is 16.8 Å². The van der Waals surface area contributed by atoms with Crippen LogP contribution in [-0.4, -0.2) is 40.1 Å². The van der Waals surface area contributed by atoms with Crippen molar-refractivity contribution in [1.82, 2.24) is 20.3 Å². The normalized spacial score (nSPS) is 10.2. The quantitative estimate of drug-likeness (QED) is 0.813. The molecule has 0 unspecified atom stereocenters. The lowest BCUT2D eigenvalue weighted by molar-refractivity contribution is 0.0520. The van der Waals surface area contributed by atoms with Crippen LogP contribution in [0, 0.1) is 0 Å². The number of halogens is 1. The van der Waals surface area contributed by atoms with Gasteiger partial charge >= 0.3 is 12.0 Å². The second kappa shape index (κ2) is 7.59. The first kappa shape index (κ1) is 16.8. The minimum absolute atomic E-state index is 0.0759. The van der Waals surface area contributed by atoms with Crippen LogP contribution in [0.5, 0.6) is 0 Å². The Labute approximate surface area is 137 Å². The lowest BCUT2D eigenvalue weighted by Crippen LogP contribution is -2.30. The molecule has 0 aliphatic heterocycles. The second-order valence-corrected chi connectivity index (χ2v) is 4.82. The van der Waals surface area contributed by atoms with E-state index < -0.39 is 12.0 Å². The third-order valence-corrected chi connectivity index (χ3v) is 3.02. The maximum Gasteiger partial charge on any atom is 0.362 e. The molecule has 0 radical (unpaired) electrons. The lowest BCUT2D eigenvalue weighted by atomic mass is 10.3. The summed E-state index contributed by atoms with van der Waals surface area (Å²) in [5.41, 5.74) is 0.542. The first-order valence-corrected chi connectivity index (χ1v) is 7.38. The van der Waals surface area contributed by atoms with E-state index in [0.717, 1.165) is 4.68 Å². The Morgan fingerprint density at radius 1 is 1.26 bits per heavy atom. The van der Waals surface area contributed by atoms with E-state index in [0.29, 0.717) is 17.3 Å². The van der Waals surface area contributed by atoms with Crippen LogP contribution in [0.15, 0.2) is 24.3 Å². The third-order valence-electron chi connectivity index (χ3n) is 2.77. The Balaban J connectivity index is 2.39. The molecule has 2 aromatic rings. The predicted molar refractivity (Wildman–Crippen MR) is 85.2 cm³/mol. The maximum absolute atomic E-state index is 12.0. The Bertz CT molecular complexity index is 663. The molecule has 0 spiro atoms. The number of hydrogen-bond acceptors (Lipinski definition) is 6. The van der Waals surface area contributed by atoms with Crippen molar-refractivity contribution in [1.29, 1.82) is 0 Å². The van der Waals surface area contributed by atoms with Gasteiger partial charge in [-0.15, -0.1) is 9.78 Å². The van der Waals surface area contributed by atoms with Gasteiger partial charge in [0.25, 0.3) is 0 Å². The monoisotopic (exact) mass is 337 g/mol.